The Balaban J connectivity index is 2.32. The summed E-state index contributed by atoms with van der Waals surface area (Å²) in [5.74, 6) is 0. The first-order valence-electron chi connectivity index (χ1n) is 6.92. The Morgan fingerprint density at radius 2 is 1.45 bits per heavy atom. The van der Waals surface area contributed by atoms with E-state index in [9.17, 15) is 4.57 Å². The number of hydrogen-bond acceptors (Lipinski definition) is 1. The maximum atomic E-state index is 14.0. The lowest BCUT2D eigenvalue weighted by Gasteiger charge is -2.26. The van der Waals surface area contributed by atoms with Gasteiger partial charge in [-0.2, -0.15) is 0 Å². The highest BCUT2D eigenvalue weighted by Gasteiger charge is 2.43. The van der Waals surface area contributed by atoms with Crippen LogP contribution in [0.3, 0.4) is 0 Å². The normalized spacial score (nSPS) is 21.4. The van der Waals surface area contributed by atoms with Crippen molar-refractivity contribution in [3.8, 4) is 0 Å². The molecule has 0 bridgehead atoms. The maximum absolute atomic E-state index is 14.0. The second-order valence-electron chi connectivity index (χ2n) is 6.28. The molecule has 0 fully saturated rings. The van der Waals surface area contributed by atoms with E-state index in [2.05, 4.69) is 31.8 Å². The highest BCUT2D eigenvalue weighted by Crippen LogP contribution is 2.59. The van der Waals surface area contributed by atoms with Gasteiger partial charge in [0.05, 0.1) is 8.07 Å². The number of rotatable bonds is 2. The Hall–Kier alpha value is -1.37. The number of benzene rings is 2. The van der Waals surface area contributed by atoms with Gasteiger partial charge in [0.2, 0.25) is 0 Å². The summed E-state index contributed by atoms with van der Waals surface area (Å²) < 4.78 is 14.0. The molecule has 0 radical (unpaired) electrons. The van der Waals surface area contributed by atoms with Gasteiger partial charge in [-0.3, -0.25) is 0 Å². The van der Waals surface area contributed by atoms with Gasteiger partial charge in [0, 0.05) is 10.6 Å². The Labute approximate surface area is 121 Å². The minimum atomic E-state index is -2.62. The van der Waals surface area contributed by atoms with E-state index < -0.39 is 15.2 Å². The van der Waals surface area contributed by atoms with Gasteiger partial charge >= 0.3 is 0 Å². The SMILES string of the molecule is C[Si](C)(C)C1=Cc2ccccc2P1(=O)c1ccccc1. The van der Waals surface area contributed by atoms with Crippen LogP contribution in [0.1, 0.15) is 5.56 Å². The molecule has 0 aromatic heterocycles. The van der Waals surface area contributed by atoms with Gasteiger partial charge in [0.25, 0.3) is 0 Å². The molecule has 1 heterocycles. The largest absolute Gasteiger partial charge is 0.309 e. The van der Waals surface area contributed by atoms with Crippen LogP contribution in [0.4, 0.5) is 0 Å². The van der Waals surface area contributed by atoms with Crippen LogP contribution in [-0.4, -0.2) is 8.07 Å². The summed E-state index contributed by atoms with van der Waals surface area (Å²) in [6.45, 7) is 6.83. The molecule has 0 aliphatic carbocycles. The highest BCUT2D eigenvalue weighted by atomic mass is 31.2. The van der Waals surface area contributed by atoms with Crippen LogP contribution >= 0.6 is 7.14 Å². The van der Waals surface area contributed by atoms with Crippen molar-refractivity contribution in [1.29, 1.82) is 0 Å². The highest BCUT2D eigenvalue weighted by molar-refractivity contribution is 7.85. The Bertz CT molecular complexity index is 726. The Morgan fingerprint density at radius 3 is 2.10 bits per heavy atom. The van der Waals surface area contributed by atoms with Crippen molar-refractivity contribution in [3.05, 3.63) is 65.1 Å². The predicted molar refractivity (Wildman–Crippen MR) is 91.1 cm³/mol. The van der Waals surface area contributed by atoms with Crippen LogP contribution in [0.15, 0.2) is 59.5 Å². The monoisotopic (exact) mass is 298 g/mol. The van der Waals surface area contributed by atoms with Gasteiger partial charge in [0.15, 0.2) is 7.14 Å². The summed E-state index contributed by atoms with van der Waals surface area (Å²) in [4.78, 5) is 1.19. The molecule has 1 nitrogen and oxygen atoms in total. The van der Waals surface area contributed by atoms with Crippen LogP contribution in [0, 0.1) is 0 Å². The smallest absolute Gasteiger partial charge is 0.164 e. The Kier molecular flexibility index (Phi) is 3.11. The van der Waals surface area contributed by atoms with Crippen molar-refractivity contribution in [2.45, 2.75) is 19.6 Å². The van der Waals surface area contributed by atoms with Gasteiger partial charge in [-0.25, -0.2) is 0 Å². The quantitative estimate of drug-likeness (QED) is 0.599. The molecule has 2 aromatic rings. The average molecular weight is 298 g/mol. The van der Waals surface area contributed by atoms with Crippen molar-refractivity contribution in [2.75, 3.05) is 0 Å². The molecule has 3 rings (SSSR count). The lowest BCUT2D eigenvalue weighted by Crippen LogP contribution is -2.28. The summed E-state index contributed by atoms with van der Waals surface area (Å²) in [5, 5.41) is 1.99. The molecule has 1 unspecified atom stereocenters. The molecular weight excluding hydrogens is 279 g/mol. The van der Waals surface area contributed by atoms with Crippen LogP contribution in [0.5, 0.6) is 0 Å². The van der Waals surface area contributed by atoms with E-state index in [1.165, 1.54) is 4.94 Å². The molecule has 1 aliphatic rings. The minimum Gasteiger partial charge on any atom is -0.309 e. The van der Waals surface area contributed by atoms with E-state index in [1.54, 1.807) is 0 Å². The van der Waals surface area contributed by atoms with Crippen LogP contribution in [0.25, 0.3) is 6.08 Å². The van der Waals surface area contributed by atoms with E-state index >= 15 is 0 Å². The standard InChI is InChI=1S/C17H19OPSi/c1-20(2,3)17-13-14-9-7-8-12-16(14)19(17,18)15-10-5-4-6-11-15/h4-13H,1-3H3. The van der Waals surface area contributed by atoms with Crippen molar-refractivity contribution in [2.24, 2.45) is 0 Å². The molecule has 20 heavy (non-hydrogen) atoms. The molecule has 0 amide bonds. The molecule has 1 aliphatic heterocycles. The molecule has 0 N–H and O–H groups in total. The van der Waals surface area contributed by atoms with E-state index in [0.29, 0.717) is 0 Å². The fourth-order valence-electron chi connectivity index (χ4n) is 2.87. The molecular formula is C17H19OPSi. The molecule has 0 spiro atoms. The predicted octanol–water partition coefficient (Wildman–Crippen LogP) is 4.23. The summed E-state index contributed by atoms with van der Waals surface area (Å²) in [6.07, 6.45) is 2.19. The topological polar surface area (TPSA) is 17.1 Å². The first kappa shape index (κ1) is 13.6. The summed E-state index contributed by atoms with van der Waals surface area (Å²) in [5.41, 5.74) is 1.14. The Morgan fingerprint density at radius 1 is 0.850 bits per heavy atom. The van der Waals surface area contributed by atoms with E-state index in [4.69, 9.17) is 0 Å². The zero-order valence-electron chi connectivity index (χ0n) is 12.1. The van der Waals surface area contributed by atoms with E-state index in [1.807, 2.05) is 48.5 Å². The number of hydrogen-bond donors (Lipinski definition) is 0. The maximum Gasteiger partial charge on any atom is 0.164 e. The molecule has 102 valence electrons. The van der Waals surface area contributed by atoms with Gasteiger partial charge in [-0.15, -0.1) is 0 Å². The van der Waals surface area contributed by atoms with Crippen LogP contribution in [-0.2, 0) is 4.57 Å². The summed E-state index contributed by atoms with van der Waals surface area (Å²) in [7, 11) is -4.26. The molecule has 0 saturated carbocycles. The van der Waals surface area contributed by atoms with Gasteiger partial charge in [-0.1, -0.05) is 80.3 Å². The molecule has 2 aromatic carbocycles. The lowest BCUT2D eigenvalue weighted by molar-refractivity contribution is 0.592. The second kappa shape index (κ2) is 4.58. The van der Waals surface area contributed by atoms with E-state index in [0.717, 1.165) is 16.2 Å². The van der Waals surface area contributed by atoms with Crippen molar-refractivity contribution in [3.63, 3.8) is 0 Å². The van der Waals surface area contributed by atoms with Crippen LogP contribution < -0.4 is 10.6 Å². The average Bonchev–Trinajstić information content (AvgIpc) is 2.75. The molecule has 1 atom stereocenters. The zero-order valence-corrected chi connectivity index (χ0v) is 14.0. The third-order valence-corrected chi connectivity index (χ3v) is 11.4. The zero-order chi connectivity index (χ0) is 14.4. The fourth-order valence-corrected chi connectivity index (χ4v) is 10.5. The van der Waals surface area contributed by atoms with Gasteiger partial charge in [-0.05, 0) is 10.5 Å². The number of fused-ring (bicyclic) bond motifs is 1. The van der Waals surface area contributed by atoms with Gasteiger partial charge < -0.3 is 4.57 Å². The second-order valence-corrected chi connectivity index (χ2v) is 14.4. The van der Waals surface area contributed by atoms with Crippen LogP contribution in [0.2, 0.25) is 19.6 Å². The summed E-state index contributed by atoms with van der Waals surface area (Å²) >= 11 is 0. The molecule has 0 saturated heterocycles. The fraction of sp³-hybridized carbons (Fsp3) is 0.176. The first-order valence-corrected chi connectivity index (χ1v) is 12.1. The molecule has 3 heteroatoms. The first-order chi connectivity index (χ1) is 9.44. The third kappa shape index (κ3) is 1.95. The van der Waals surface area contributed by atoms with Crippen molar-refractivity contribution < 1.29 is 4.57 Å². The third-order valence-electron chi connectivity index (χ3n) is 3.80. The minimum absolute atomic E-state index is 0.971. The van der Waals surface area contributed by atoms with Gasteiger partial charge in [0.1, 0.15) is 0 Å². The van der Waals surface area contributed by atoms with Crippen molar-refractivity contribution in [1.82, 2.24) is 0 Å². The summed E-state index contributed by atoms with van der Waals surface area (Å²) in [6, 6.07) is 18.1. The van der Waals surface area contributed by atoms with E-state index in [-0.39, 0.29) is 0 Å². The van der Waals surface area contributed by atoms with Crippen molar-refractivity contribution >= 4 is 31.9 Å². The lowest BCUT2D eigenvalue weighted by atomic mass is 10.2.